The number of hydrogen-bond donors (Lipinski definition) is 1. The van der Waals surface area contributed by atoms with Gasteiger partial charge in [-0.3, -0.25) is 4.79 Å². The summed E-state index contributed by atoms with van der Waals surface area (Å²) in [7, 11) is 0. The van der Waals surface area contributed by atoms with Crippen LogP contribution in [0.4, 0.5) is 10.1 Å². The van der Waals surface area contributed by atoms with Crippen molar-refractivity contribution >= 4 is 22.9 Å². The lowest BCUT2D eigenvalue weighted by atomic mass is 10.2. The van der Waals surface area contributed by atoms with Gasteiger partial charge in [-0.1, -0.05) is 0 Å². The fourth-order valence-corrected chi connectivity index (χ4v) is 2.90. The quantitative estimate of drug-likeness (QED) is 0.771. The molecule has 1 amide bonds. The third kappa shape index (κ3) is 2.73. The molecule has 2 aromatic heterocycles. The van der Waals surface area contributed by atoms with E-state index in [2.05, 4.69) is 5.32 Å². The third-order valence-electron chi connectivity index (χ3n) is 3.17. The molecule has 0 fully saturated rings. The van der Waals surface area contributed by atoms with Gasteiger partial charge in [0.2, 0.25) is 0 Å². The van der Waals surface area contributed by atoms with E-state index in [9.17, 15) is 9.18 Å². The largest absolute Gasteiger partial charge is 0.322 e. The first-order chi connectivity index (χ1) is 10.1. The predicted molar refractivity (Wildman–Crippen MR) is 82.7 cm³/mol. The number of carbonyl (C=O) groups excluding carboxylic acids is 1. The zero-order valence-corrected chi connectivity index (χ0v) is 12.2. The van der Waals surface area contributed by atoms with E-state index in [1.165, 1.54) is 23.5 Å². The number of carbonyl (C=O) groups is 1. The van der Waals surface area contributed by atoms with Crippen molar-refractivity contribution in [3.05, 3.63) is 70.4 Å². The van der Waals surface area contributed by atoms with E-state index in [4.69, 9.17) is 0 Å². The summed E-state index contributed by atoms with van der Waals surface area (Å²) in [6, 6.07) is 10.0. The minimum Gasteiger partial charge on any atom is -0.322 e. The number of benzene rings is 1. The summed E-state index contributed by atoms with van der Waals surface area (Å²) in [5.74, 6) is -0.502. The number of hydrogen-bond acceptors (Lipinski definition) is 2. The fourth-order valence-electron chi connectivity index (χ4n) is 2.12. The number of nitrogens with zero attached hydrogens (tertiary/aromatic N) is 1. The topological polar surface area (TPSA) is 34.0 Å². The van der Waals surface area contributed by atoms with Gasteiger partial charge < -0.3 is 9.88 Å². The standard InChI is InChI=1S/C16H13FN2OS/c1-11-10-12(17)4-5-13(11)18-16(20)15-14(6-9-21-15)19-7-2-3-8-19/h2-10H,1H3,(H,18,20). The molecule has 0 aliphatic carbocycles. The molecular weight excluding hydrogens is 287 g/mol. The van der Waals surface area contributed by atoms with Crippen molar-refractivity contribution in [1.82, 2.24) is 4.57 Å². The molecule has 0 bridgehead atoms. The molecule has 3 nitrogen and oxygen atoms in total. The highest BCUT2D eigenvalue weighted by Crippen LogP contribution is 2.24. The lowest BCUT2D eigenvalue weighted by molar-refractivity contribution is 0.103. The van der Waals surface area contributed by atoms with Crippen molar-refractivity contribution in [2.24, 2.45) is 0 Å². The highest BCUT2D eigenvalue weighted by Gasteiger charge is 2.15. The zero-order chi connectivity index (χ0) is 14.8. The summed E-state index contributed by atoms with van der Waals surface area (Å²) in [5, 5.41) is 4.71. The predicted octanol–water partition coefficient (Wildman–Crippen LogP) is 4.24. The highest BCUT2D eigenvalue weighted by atomic mass is 32.1. The summed E-state index contributed by atoms with van der Waals surface area (Å²) >= 11 is 1.38. The van der Waals surface area contributed by atoms with Crippen LogP contribution in [0.5, 0.6) is 0 Å². The first-order valence-electron chi connectivity index (χ1n) is 6.43. The van der Waals surface area contributed by atoms with Crippen LogP contribution in [0.2, 0.25) is 0 Å². The van der Waals surface area contributed by atoms with Gasteiger partial charge >= 0.3 is 0 Å². The van der Waals surface area contributed by atoms with Crippen LogP contribution in [0.15, 0.2) is 54.2 Å². The van der Waals surface area contributed by atoms with Gasteiger partial charge in [-0.2, -0.15) is 0 Å². The van der Waals surface area contributed by atoms with E-state index in [0.717, 1.165) is 5.69 Å². The van der Waals surface area contributed by atoms with Crippen LogP contribution in [-0.2, 0) is 0 Å². The van der Waals surface area contributed by atoms with Crippen LogP contribution in [-0.4, -0.2) is 10.5 Å². The van der Waals surface area contributed by atoms with Gasteiger partial charge in [-0.25, -0.2) is 4.39 Å². The minimum atomic E-state index is -0.311. The van der Waals surface area contributed by atoms with E-state index >= 15 is 0 Å². The van der Waals surface area contributed by atoms with Gasteiger partial charge in [0, 0.05) is 18.1 Å². The average molecular weight is 300 g/mol. The molecule has 0 radical (unpaired) electrons. The molecule has 3 rings (SSSR count). The lowest BCUT2D eigenvalue weighted by Gasteiger charge is -2.09. The van der Waals surface area contributed by atoms with E-state index < -0.39 is 0 Å². The molecule has 5 heteroatoms. The number of amides is 1. The Bertz CT molecular complexity index is 777. The number of thiophene rings is 1. The SMILES string of the molecule is Cc1cc(F)ccc1NC(=O)c1sccc1-n1cccc1. The first-order valence-corrected chi connectivity index (χ1v) is 7.31. The van der Waals surface area contributed by atoms with Gasteiger partial charge in [-0.15, -0.1) is 11.3 Å². The number of rotatable bonds is 3. The van der Waals surface area contributed by atoms with E-state index in [1.54, 1.807) is 13.0 Å². The smallest absolute Gasteiger partial charge is 0.267 e. The third-order valence-corrected chi connectivity index (χ3v) is 4.07. The molecule has 0 saturated carbocycles. The molecule has 0 saturated heterocycles. The molecular formula is C16H13FN2OS. The molecule has 106 valence electrons. The lowest BCUT2D eigenvalue weighted by Crippen LogP contribution is -2.13. The molecule has 2 heterocycles. The molecule has 0 unspecified atom stereocenters. The highest BCUT2D eigenvalue weighted by molar-refractivity contribution is 7.12. The second kappa shape index (κ2) is 5.54. The van der Waals surface area contributed by atoms with Crippen molar-refractivity contribution in [2.45, 2.75) is 6.92 Å². The maximum absolute atomic E-state index is 13.1. The van der Waals surface area contributed by atoms with Crippen LogP contribution in [0, 0.1) is 12.7 Å². The van der Waals surface area contributed by atoms with Gasteiger partial charge in [0.1, 0.15) is 10.7 Å². The molecule has 0 atom stereocenters. The van der Waals surface area contributed by atoms with Crippen molar-refractivity contribution in [1.29, 1.82) is 0 Å². The second-order valence-electron chi connectivity index (χ2n) is 4.64. The van der Waals surface area contributed by atoms with Gasteiger partial charge in [0.15, 0.2) is 0 Å². The monoisotopic (exact) mass is 300 g/mol. The summed E-state index contributed by atoms with van der Waals surface area (Å²) < 4.78 is 15.0. The Morgan fingerprint density at radius 2 is 2.00 bits per heavy atom. The summed E-state index contributed by atoms with van der Waals surface area (Å²) in [6.07, 6.45) is 3.78. The zero-order valence-electron chi connectivity index (χ0n) is 11.3. The van der Waals surface area contributed by atoms with Crippen LogP contribution < -0.4 is 5.32 Å². The summed E-state index contributed by atoms with van der Waals surface area (Å²) in [5.41, 5.74) is 2.15. The molecule has 0 aliphatic rings. The Hall–Kier alpha value is -2.40. The Labute approximate surface area is 125 Å². The number of aryl methyl sites for hydroxylation is 1. The van der Waals surface area contributed by atoms with E-state index in [-0.39, 0.29) is 11.7 Å². The van der Waals surface area contributed by atoms with Crippen LogP contribution in [0.3, 0.4) is 0 Å². The van der Waals surface area contributed by atoms with Gasteiger partial charge in [0.05, 0.1) is 5.69 Å². The number of halogens is 1. The molecule has 1 N–H and O–H groups in total. The van der Waals surface area contributed by atoms with Crippen LogP contribution in [0.1, 0.15) is 15.2 Å². The molecule has 21 heavy (non-hydrogen) atoms. The first kappa shape index (κ1) is 13.6. The van der Waals surface area contributed by atoms with E-state index in [0.29, 0.717) is 16.1 Å². The van der Waals surface area contributed by atoms with Crippen molar-refractivity contribution < 1.29 is 9.18 Å². The van der Waals surface area contributed by atoms with Crippen LogP contribution >= 0.6 is 11.3 Å². The van der Waals surface area contributed by atoms with Gasteiger partial charge in [-0.05, 0) is 54.3 Å². The van der Waals surface area contributed by atoms with Crippen molar-refractivity contribution in [3.63, 3.8) is 0 Å². The second-order valence-corrected chi connectivity index (χ2v) is 5.55. The van der Waals surface area contributed by atoms with Crippen molar-refractivity contribution in [3.8, 4) is 5.69 Å². The summed E-state index contributed by atoms with van der Waals surface area (Å²) in [6.45, 7) is 1.76. The molecule has 1 aromatic carbocycles. The molecule has 0 aliphatic heterocycles. The normalized spacial score (nSPS) is 10.6. The van der Waals surface area contributed by atoms with Crippen molar-refractivity contribution in [2.75, 3.05) is 5.32 Å². The summed E-state index contributed by atoms with van der Waals surface area (Å²) in [4.78, 5) is 13.0. The van der Waals surface area contributed by atoms with Gasteiger partial charge in [0.25, 0.3) is 5.91 Å². The Balaban J connectivity index is 1.88. The number of anilines is 1. The Morgan fingerprint density at radius 1 is 1.24 bits per heavy atom. The van der Waals surface area contributed by atoms with Crippen LogP contribution in [0.25, 0.3) is 5.69 Å². The number of aromatic nitrogens is 1. The fraction of sp³-hybridized carbons (Fsp3) is 0.0625. The maximum Gasteiger partial charge on any atom is 0.267 e. The van der Waals surface area contributed by atoms with E-state index in [1.807, 2.05) is 40.5 Å². The molecule has 0 spiro atoms. The minimum absolute atomic E-state index is 0.191. The average Bonchev–Trinajstić information content (AvgIpc) is 3.10. The number of nitrogens with one attached hydrogen (secondary N) is 1. The Morgan fingerprint density at radius 3 is 2.71 bits per heavy atom. The maximum atomic E-state index is 13.1. The Kier molecular flexibility index (Phi) is 3.58. The molecule has 3 aromatic rings.